The van der Waals surface area contributed by atoms with Gasteiger partial charge in [-0.25, -0.2) is 9.78 Å². The molecule has 1 fully saturated rings. The minimum atomic E-state index is -5.19. The number of anilines is 1. The van der Waals surface area contributed by atoms with Gasteiger partial charge in [0.25, 0.3) is 17.7 Å². The van der Waals surface area contributed by atoms with Crippen molar-refractivity contribution >= 4 is 17.7 Å². The van der Waals surface area contributed by atoms with Crippen molar-refractivity contribution in [2.24, 2.45) is 0 Å². The number of fused-ring (bicyclic) bond motifs is 5. The van der Waals surface area contributed by atoms with E-state index in [1.165, 1.54) is 51.2 Å². The first-order valence-electron chi connectivity index (χ1n) is 19.9. The molecule has 16 heteroatoms. The van der Waals surface area contributed by atoms with E-state index in [0.29, 0.717) is 17.2 Å². The number of hydrogen-bond donors (Lipinski definition) is 1. The van der Waals surface area contributed by atoms with Gasteiger partial charge in [-0.05, 0) is 81.6 Å². The summed E-state index contributed by atoms with van der Waals surface area (Å²) in [6, 6.07) is 7.99. The summed E-state index contributed by atoms with van der Waals surface area (Å²) in [5.41, 5.74) is -6.30. The minimum Gasteiger partial charge on any atom is -0.444 e. The molecule has 60 heavy (non-hydrogen) atoms. The molecule has 10 nitrogen and oxygen atoms in total. The fraction of sp³-hybridized carbons (Fsp3) is 0.477. The summed E-state index contributed by atoms with van der Waals surface area (Å²) in [6.07, 6.45) is 0.130. The van der Waals surface area contributed by atoms with Crippen molar-refractivity contribution in [3.63, 3.8) is 0 Å². The normalized spacial score (nSPS) is 19.1. The van der Waals surface area contributed by atoms with Crippen LogP contribution in [0.15, 0.2) is 83.4 Å². The lowest BCUT2D eigenvalue weighted by molar-refractivity contribution is -0.289. The fourth-order valence-corrected chi connectivity index (χ4v) is 6.93. The first-order valence-corrected chi connectivity index (χ1v) is 19.9. The number of halogens is 6. The molecule has 2 aromatic heterocycles. The second kappa shape index (κ2) is 19.4. The highest BCUT2D eigenvalue weighted by molar-refractivity contribution is 5.97. The Kier molecular flexibility index (Phi) is 15.4. The third-order valence-corrected chi connectivity index (χ3v) is 10.1. The Bertz CT molecular complexity index is 2050. The van der Waals surface area contributed by atoms with Crippen LogP contribution in [0.1, 0.15) is 120 Å². The van der Waals surface area contributed by atoms with E-state index in [2.05, 4.69) is 34.0 Å². The molecule has 3 heterocycles. The van der Waals surface area contributed by atoms with E-state index in [4.69, 9.17) is 13.9 Å². The van der Waals surface area contributed by atoms with Gasteiger partial charge >= 0.3 is 18.4 Å². The van der Waals surface area contributed by atoms with Crippen LogP contribution in [0.25, 0.3) is 11.6 Å². The maximum absolute atomic E-state index is 15.4. The van der Waals surface area contributed by atoms with Crippen molar-refractivity contribution in [2.75, 3.05) is 18.5 Å². The number of ether oxygens (including phenoxy) is 2. The van der Waals surface area contributed by atoms with Crippen LogP contribution in [-0.4, -0.2) is 57.0 Å². The van der Waals surface area contributed by atoms with E-state index >= 15 is 13.2 Å². The molecule has 1 atom stereocenters. The Hall–Kier alpha value is -5.25. The molecule has 1 N–H and O–H groups in total. The average molecular weight is 846 g/mol. The van der Waals surface area contributed by atoms with Crippen LogP contribution in [0.2, 0.25) is 0 Å². The van der Waals surface area contributed by atoms with E-state index in [1.807, 2.05) is 38.1 Å². The molecule has 0 radical (unpaired) electrons. The van der Waals surface area contributed by atoms with Gasteiger partial charge in [-0.2, -0.15) is 26.3 Å². The van der Waals surface area contributed by atoms with Gasteiger partial charge in [0, 0.05) is 19.5 Å². The zero-order valence-electron chi connectivity index (χ0n) is 35.0. The van der Waals surface area contributed by atoms with Gasteiger partial charge in [0.2, 0.25) is 5.60 Å². The summed E-state index contributed by atoms with van der Waals surface area (Å²) in [7, 11) is 0. The number of nitrogens with one attached hydrogen (secondary N) is 1. The molecular weight excluding hydrogens is 793 g/mol. The number of rotatable bonds is 10. The zero-order chi connectivity index (χ0) is 44.5. The molecule has 326 valence electrons. The van der Waals surface area contributed by atoms with Crippen molar-refractivity contribution in [1.82, 2.24) is 20.1 Å². The molecule has 2 amide bonds. The lowest BCUT2D eigenvalue weighted by Gasteiger charge is -2.42. The lowest BCUT2D eigenvalue weighted by Crippen LogP contribution is -2.45. The van der Waals surface area contributed by atoms with E-state index in [1.54, 1.807) is 13.0 Å². The fourth-order valence-electron chi connectivity index (χ4n) is 6.93. The van der Waals surface area contributed by atoms with Crippen LogP contribution in [0.5, 0.6) is 0 Å². The maximum atomic E-state index is 15.4. The molecule has 1 unspecified atom stereocenters. The van der Waals surface area contributed by atoms with Gasteiger partial charge in [-0.3, -0.25) is 10.1 Å². The summed E-state index contributed by atoms with van der Waals surface area (Å²) in [5, 5.41) is 9.61. The molecule has 1 aromatic carbocycles. The summed E-state index contributed by atoms with van der Waals surface area (Å²) >= 11 is 0. The van der Waals surface area contributed by atoms with Crippen molar-refractivity contribution in [3.8, 4) is 11.6 Å². The summed E-state index contributed by atoms with van der Waals surface area (Å²) in [4.78, 5) is 32.5. The SMILES string of the molecule is C=C/C=C(\C=C/C)COC1(C(F)(F)F)C/C=C/CCN(Cc2ccc(C3(CC)CCC3)cc2)C(=O)c2nc(c(NC(=O)OC(C)(C)C)cc2C(F)(F)F)-c2nnc1o2.CC. The summed E-state index contributed by atoms with van der Waals surface area (Å²) in [6.45, 7) is 15.0. The highest BCUT2D eigenvalue weighted by Crippen LogP contribution is 2.48. The number of hydrogen-bond acceptors (Lipinski definition) is 8. The van der Waals surface area contributed by atoms with Crippen LogP contribution >= 0.6 is 0 Å². The van der Waals surface area contributed by atoms with Crippen LogP contribution in [0, 0.1) is 0 Å². The second-order valence-corrected chi connectivity index (χ2v) is 15.3. The number of pyridine rings is 1. The smallest absolute Gasteiger partial charge is 0.426 e. The van der Waals surface area contributed by atoms with E-state index < -0.39 is 83.0 Å². The highest BCUT2D eigenvalue weighted by atomic mass is 19.4. The Morgan fingerprint density at radius 3 is 2.27 bits per heavy atom. The van der Waals surface area contributed by atoms with E-state index in [9.17, 15) is 22.8 Å². The van der Waals surface area contributed by atoms with E-state index in [-0.39, 0.29) is 24.9 Å². The summed E-state index contributed by atoms with van der Waals surface area (Å²) in [5.74, 6) is -3.06. The Morgan fingerprint density at radius 2 is 1.72 bits per heavy atom. The van der Waals surface area contributed by atoms with Gasteiger partial charge in [0.15, 0.2) is 5.69 Å². The van der Waals surface area contributed by atoms with Crippen molar-refractivity contribution < 1.29 is 49.8 Å². The maximum Gasteiger partial charge on any atom is 0.426 e. The third kappa shape index (κ3) is 10.9. The predicted molar refractivity (Wildman–Crippen MR) is 216 cm³/mol. The number of allylic oxidation sites excluding steroid dienone is 3. The molecule has 5 rings (SSSR count). The first kappa shape index (κ1) is 47.4. The quantitative estimate of drug-likeness (QED) is 0.122. The molecule has 3 aromatic rings. The number of carbonyl (C=O) groups is 2. The number of benzene rings is 1. The minimum absolute atomic E-state index is 0.0565. The van der Waals surface area contributed by atoms with Crippen LogP contribution in [0.3, 0.4) is 0 Å². The Balaban J connectivity index is 0.00000391. The molecule has 0 saturated heterocycles. The second-order valence-electron chi connectivity index (χ2n) is 15.3. The van der Waals surface area contributed by atoms with Crippen LogP contribution < -0.4 is 5.32 Å². The van der Waals surface area contributed by atoms with Gasteiger partial charge in [-0.1, -0.05) is 94.5 Å². The zero-order valence-corrected chi connectivity index (χ0v) is 35.0. The highest BCUT2D eigenvalue weighted by Gasteiger charge is 2.61. The lowest BCUT2D eigenvalue weighted by atomic mass is 9.63. The van der Waals surface area contributed by atoms with Gasteiger partial charge < -0.3 is 18.8 Å². The largest absolute Gasteiger partial charge is 0.444 e. The van der Waals surface area contributed by atoms with E-state index in [0.717, 1.165) is 36.1 Å². The van der Waals surface area contributed by atoms with Gasteiger partial charge in [-0.15, -0.1) is 10.2 Å². The van der Waals surface area contributed by atoms with Crippen LogP contribution in [-0.2, 0) is 33.2 Å². The Morgan fingerprint density at radius 1 is 1.03 bits per heavy atom. The Labute approximate surface area is 346 Å². The first-order chi connectivity index (χ1) is 28.3. The molecule has 2 aliphatic rings. The van der Waals surface area contributed by atoms with Gasteiger partial charge in [0.05, 0.1) is 17.9 Å². The molecular formula is C44H53F6N5O5. The van der Waals surface area contributed by atoms with Gasteiger partial charge in [0.1, 0.15) is 11.3 Å². The standard InChI is InChI=1S/C42H47F6N5O5.C2H6/c1-7-14-28(15-8-2)26-56-40(42(46,47)48)22-11-10-12-23-53(25-27-16-18-29(19-17-27)39(9-3)20-13-21-39)35(54)32-30(41(43,44)45)24-31(49-37(55)58-38(4,5)6)33(50-32)34-51-52-36(40)57-34;1-2/h7-8,10-11,14-19,24H,1,9,12-13,20-23,25-26H2,2-6H3,(H,49,55);1-2H3/b11-10+,15-8-,28-14+;. The molecule has 1 aliphatic heterocycles. The molecule has 1 aliphatic carbocycles. The topological polar surface area (TPSA) is 120 Å². The number of amides is 2. The molecule has 0 spiro atoms. The van der Waals surface area contributed by atoms with Crippen molar-refractivity contribution in [3.05, 3.63) is 107 Å². The average Bonchev–Trinajstić information content (AvgIpc) is 3.65. The third-order valence-electron chi connectivity index (χ3n) is 10.1. The number of alkyl halides is 6. The number of aromatic nitrogens is 3. The van der Waals surface area contributed by atoms with Crippen molar-refractivity contribution in [1.29, 1.82) is 0 Å². The van der Waals surface area contributed by atoms with Crippen LogP contribution in [0.4, 0.5) is 36.8 Å². The number of carbonyl (C=O) groups excluding carboxylic acids is 2. The van der Waals surface area contributed by atoms with Crippen molar-refractivity contribution in [2.45, 2.75) is 123 Å². The number of nitrogens with zero attached hydrogens (tertiary/aromatic N) is 4. The predicted octanol–water partition coefficient (Wildman–Crippen LogP) is 11.8. The summed E-state index contributed by atoms with van der Waals surface area (Å²) < 4.78 is 107. The molecule has 1 saturated carbocycles. The molecule has 4 bridgehead atoms. The monoisotopic (exact) mass is 845 g/mol.